The van der Waals surface area contributed by atoms with E-state index >= 15 is 0 Å². The van der Waals surface area contributed by atoms with Gasteiger partial charge < -0.3 is 5.11 Å². The Morgan fingerprint density at radius 1 is 1.00 bits per heavy atom. The average Bonchev–Trinajstić information content (AvgIpc) is 3.17. The van der Waals surface area contributed by atoms with Gasteiger partial charge in [-0.2, -0.15) is 13.2 Å². The Kier molecular flexibility index (Phi) is 5.31. The molecule has 0 unspecified atom stereocenters. The number of piperidine rings is 1. The van der Waals surface area contributed by atoms with Gasteiger partial charge in [0.05, 0.1) is 5.56 Å². The van der Waals surface area contributed by atoms with E-state index in [2.05, 4.69) is 15.2 Å². The highest BCUT2D eigenvalue weighted by Crippen LogP contribution is 2.37. The molecule has 0 atom stereocenters. The molecule has 1 fully saturated rings. The number of aliphatic hydroxyl groups is 1. The van der Waals surface area contributed by atoms with Gasteiger partial charge in [0, 0.05) is 13.2 Å². The quantitative estimate of drug-likeness (QED) is 0.694. The van der Waals surface area contributed by atoms with Gasteiger partial charge in [-0.05, 0) is 77.4 Å². The predicted octanol–water partition coefficient (Wildman–Crippen LogP) is 4.06. The summed E-state index contributed by atoms with van der Waals surface area (Å²) in [6.45, 7) is 2.25. The first-order valence-electron chi connectivity index (χ1n) is 9.57. The molecule has 0 amide bonds. The zero-order valence-corrected chi connectivity index (χ0v) is 15.8. The standard InChI is InChI=1S/C21H22F3N3O2/c22-21(23,24)17-3-1-2-15(10-17)12-20(14-28)6-8-27(9-7-20)13-16-4-5-18-19(11-16)26-29-25-18/h1-5,10-11,28H,6-9,12-14H2. The minimum atomic E-state index is -4.35. The Bertz CT molecular complexity index is 978. The van der Waals surface area contributed by atoms with Crippen molar-refractivity contribution in [3.63, 3.8) is 0 Å². The molecule has 29 heavy (non-hydrogen) atoms. The Hall–Kier alpha value is -2.45. The lowest BCUT2D eigenvalue weighted by Gasteiger charge is -2.41. The number of alkyl halides is 3. The fourth-order valence-electron chi connectivity index (χ4n) is 4.05. The monoisotopic (exact) mass is 405 g/mol. The van der Waals surface area contributed by atoms with E-state index < -0.39 is 11.7 Å². The van der Waals surface area contributed by atoms with Crippen molar-refractivity contribution in [1.29, 1.82) is 0 Å². The van der Waals surface area contributed by atoms with Gasteiger partial charge in [0.25, 0.3) is 0 Å². The van der Waals surface area contributed by atoms with E-state index in [-0.39, 0.29) is 12.0 Å². The van der Waals surface area contributed by atoms with Crippen LogP contribution in [0.1, 0.15) is 29.5 Å². The predicted molar refractivity (Wildman–Crippen MR) is 101 cm³/mol. The van der Waals surface area contributed by atoms with Crippen molar-refractivity contribution in [2.45, 2.75) is 32.0 Å². The Balaban J connectivity index is 1.41. The molecular formula is C21H22F3N3O2. The van der Waals surface area contributed by atoms with Gasteiger partial charge in [0.15, 0.2) is 0 Å². The van der Waals surface area contributed by atoms with Crippen molar-refractivity contribution in [2.24, 2.45) is 5.41 Å². The van der Waals surface area contributed by atoms with E-state index in [1.54, 1.807) is 6.07 Å². The number of benzene rings is 2. The highest BCUT2D eigenvalue weighted by Gasteiger charge is 2.35. The van der Waals surface area contributed by atoms with Gasteiger partial charge in [-0.3, -0.25) is 4.90 Å². The fraction of sp³-hybridized carbons (Fsp3) is 0.429. The number of aliphatic hydroxyl groups excluding tert-OH is 1. The highest BCUT2D eigenvalue weighted by molar-refractivity contribution is 5.73. The smallest absolute Gasteiger partial charge is 0.396 e. The third kappa shape index (κ3) is 4.43. The average molecular weight is 405 g/mol. The zero-order valence-electron chi connectivity index (χ0n) is 15.8. The molecule has 3 aromatic rings. The summed E-state index contributed by atoms with van der Waals surface area (Å²) >= 11 is 0. The van der Waals surface area contributed by atoms with Gasteiger partial charge in [-0.1, -0.05) is 24.3 Å². The highest BCUT2D eigenvalue weighted by atomic mass is 19.4. The minimum absolute atomic E-state index is 0.0341. The van der Waals surface area contributed by atoms with Gasteiger partial charge in [-0.15, -0.1) is 0 Å². The van der Waals surface area contributed by atoms with Crippen LogP contribution in [0, 0.1) is 5.41 Å². The molecule has 5 nitrogen and oxygen atoms in total. The van der Waals surface area contributed by atoms with Crippen LogP contribution in [-0.4, -0.2) is 40.0 Å². The van der Waals surface area contributed by atoms with E-state index in [1.165, 1.54) is 12.1 Å². The van der Waals surface area contributed by atoms with Crippen LogP contribution in [0.25, 0.3) is 11.0 Å². The van der Waals surface area contributed by atoms with E-state index in [9.17, 15) is 18.3 Å². The second kappa shape index (κ2) is 7.76. The second-order valence-electron chi connectivity index (χ2n) is 7.90. The fourth-order valence-corrected chi connectivity index (χ4v) is 4.05. The number of aromatic nitrogens is 2. The number of hydrogen-bond acceptors (Lipinski definition) is 5. The van der Waals surface area contributed by atoms with Crippen molar-refractivity contribution in [1.82, 2.24) is 15.2 Å². The summed E-state index contributed by atoms with van der Waals surface area (Å²) in [5.74, 6) is 0. The lowest BCUT2D eigenvalue weighted by Crippen LogP contribution is -2.42. The maximum absolute atomic E-state index is 13.0. The van der Waals surface area contributed by atoms with Gasteiger partial charge in [-0.25, -0.2) is 4.63 Å². The Morgan fingerprint density at radius 3 is 2.48 bits per heavy atom. The second-order valence-corrected chi connectivity index (χ2v) is 7.90. The number of likely N-dealkylation sites (tertiary alicyclic amines) is 1. The van der Waals surface area contributed by atoms with Gasteiger partial charge in [0.1, 0.15) is 11.0 Å². The first-order chi connectivity index (χ1) is 13.9. The van der Waals surface area contributed by atoms with Crippen LogP contribution in [0.2, 0.25) is 0 Å². The van der Waals surface area contributed by atoms with Crippen LogP contribution in [0.15, 0.2) is 47.1 Å². The molecule has 0 spiro atoms. The van der Waals surface area contributed by atoms with Crippen molar-refractivity contribution >= 4 is 11.0 Å². The summed E-state index contributed by atoms with van der Waals surface area (Å²) in [5, 5.41) is 17.7. The summed E-state index contributed by atoms with van der Waals surface area (Å²) in [6, 6.07) is 11.2. The third-order valence-corrected chi connectivity index (χ3v) is 5.81. The van der Waals surface area contributed by atoms with Crippen LogP contribution in [0.5, 0.6) is 0 Å². The first-order valence-corrected chi connectivity index (χ1v) is 9.57. The van der Waals surface area contributed by atoms with E-state index in [1.807, 2.05) is 18.2 Å². The lowest BCUT2D eigenvalue weighted by molar-refractivity contribution is -0.137. The van der Waals surface area contributed by atoms with Gasteiger partial charge in [0.2, 0.25) is 0 Å². The molecule has 1 N–H and O–H groups in total. The Labute approximate surface area is 166 Å². The summed E-state index contributed by atoms with van der Waals surface area (Å²) in [6.07, 6.45) is -2.45. The molecule has 1 aliphatic rings. The molecule has 2 aromatic carbocycles. The van der Waals surface area contributed by atoms with E-state index in [0.29, 0.717) is 23.0 Å². The third-order valence-electron chi connectivity index (χ3n) is 5.81. The van der Waals surface area contributed by atoms with Gasteiger partial charge >= 0.3 is 6.18 Å². The molecule has 8 heteroatoms. The van der Waals surface area contributed by atoms with Crippen LogP contribution in [0.3, 0.4) is 0 Å². The summed E-state index contributed by atoms with van der Waals surface area (Å²) < 4.78 is 43.7. The summed E-state index contributed by atoms with van der Waals surface area (Å²) in [7, 11) is 0. The number of nitrogens with zero attached hydrogens (tertiary/aromatic N) is 3. The van der Waals surface area contributed by atoms with Crippen LogP contribution >= 0.6 is 0 Å². The summed E-state index contributed by atoms with van der Waals surface area (Å²) in [4.78, 5) is 2.29. The molecule has 4 rings (SSSR count). The van der Waals surface area contributed by atoms with E-state index in [4.69, 9.17) is 4.63 Å². The SMILES string of the molecule is OCC1(Cc2cccc(C(F)(F)F)c2)CCN(Cc2ccc3nonc3c2)CC1. The van der Waals surface area contributed by atoms with Crippen LogP contribution < -0.4 is 0 Å². The number of fused-ring (bicyclic) bond motifs is 1. The molecule has 1 aromatic heterocycles. The van der Waals surface area contributed by atoms with E-state index in [0.717, 1.165) is 44.1 Å². The van der Waals surface area contributed by atoms with Crippen LogP contribution in [0.4, 0.5) is 13.2 Å². The van der Waals surface area contributed by atoms with Crippen molar-refractivity contribution in [3.05, 3.63) is 59.2 Å². The normalized spacial score (nSPS) is 17.7. The Morgan fingerprint density at radius 2 is 1.76 bits per heavy atom. The molecule has 0 aliphatic carbocycles. The van der Waals surface area contributed by atoms with Crippen molar-refractivity contribution in [3.8, 4) is 0 Å². The largest absolute Gasteiger partial charge is 0.416 e. The van der Waals surface area contributed by atoms with Crippen LogP contribution in [-0.2, 0) is 19.1 Å². The minimum Gasteiger partial charge on any atom is -0.396 e. The maximum Gasteiger partial charge on any atom is 0.416 e. The number of rotatable bonds is 5. The van der Waals surface area contributed by atoms with Crippen molar-refractivity contribution < 1.29 is 22.9 Å². The maximum atomic E-state index is 13.0. The summed E-state index contributed by atoms with van der Waals surface area (Å²) in [5.41, 5.74) is 2.12. The molecule has 1 saturated heterocycles. The first kappa shape index (κ1) is 19.8. The lowest BCUT2D eigenvalue weighted by atomic mass is 9.74. The molecule has 0 bridgehead atoms. The topological polar surface area (TPSA) is 62.4 Å². The number of hydrogen-bond donors (Lipinski definition) is 1. The molecule has 0 saturated carbocycles. The number of halogens is 3. The molecule has 154 valence electrons. The molecular weight excluding hydrogens is 383 g/mol. The van der Waals surface area contributed by atoms with Crippen molar-refractivity contribution in [2.75, 3.05) is 19.7 Å². The molecule has 2 heterocycles. The molecule has 1 aliphatic heterocycles. The molecule has 0 radical (unpaired) electrons. The zero-order chi connectivity index (χ0) is 20.5.